The lowest BCUT2D eigenvalue weighted by molar-refractivity contribution is -0.294. The molecule has 0 spiro atoms. The molecule has 3 rings (SSSR count). The smallest absolute Gasteiger partial charge is 0.243 e. The van der Waals surface area contributed by atoms with Crippen molar-refractivity contribution < 1.29 is 13.9 Å². The van der Waals surface area contributed by atoms with Gasteiger partial charge in [-0.2, -0.15) is 15.8 Å². The maximum absolute atomic E-state index is 13.4. The fraction of sp³-hybridized carbons (Fsp3) is 0.474. The monoisotopic (exact) mass is 352 g/mol. The molecule has 2 fully saturated rings. The van der Waals surface area contributed by atoms with Crippen LogP contribution in [0, 0.1) is 67.9 Å². The third kappa shape index (κ3) is 1.77. The van der Waals surface area contributed by atoms with Gasteiger partial charge >= 0.3 is 0 Å². The molecule has 1 aromatic rings. The highest BCUT2D eigenvalue weighted by Gasteiger charge is 2.79. The van der Waals surface area contributed by atoms with Crippen molar-refractivity contribution in [2.75, 3.05) is 0 Å². The lowest BCUT2D eigenvalue weighted by Gasteiger charge is -2.50. The van der Waals surface area contributed by atoms with Gasteiger partial charge in [-0.25, -0.2) is 4.39 Å². The third-order valence-electron chi connectivity index (χ3n) is 5.56. The summed E-state index contributed by atoms with van der Waals surface area (Å²) in [6.45, 7) is 5.17. The second-order valence-electron chi connectivity index (χ2n) is 7.06. The molecule has 2 bridgehead atoms. The van der Waals surface area contributed by atoms with E-state index in [1.807, 2.05) is 18.2 Å². The average Bonchev–Trinajstić information content (AvgIpc) is 2.78. The van der Waals surface area contributed by atoms with E-state index in [1.165, 1.54) is 24.3 Å². The van der Waals surface area contributed by atoms with Crippen LogP contribution in [0.25, 0.3) is 0 Å². The molecule has 132 valence electrons. The van der Waals surface area contributed by atoms with Crippen LogP contribution in [0.2, 0.25) is 0 Å². The molecule has 26 heavy (non-hydrogen) atoms. The van der Waals surface area contributed by atoms with Gasteiger partial charge in [0.25, 0.3) is 0 Å². The standard InChI is InChI=1S/C19H17FN4O2/c1-11(2)15-17(8-21,9-22)18(10-23)12(3)19(25-15,26-16(18)24)13-4-6-14(20)7-5-13/h4-7,11-12,15,24H,1-3H3. The predicted molar refractivity (Wildman–Crippen MR) is 87.5 cm³/mol. The summed E-state index contributed by atoms with van der Waals surface area (Å²) in [5.74, 6) is -3.58. The minimum atomic E-state index is -1.90. The Balaban J connectivity index is 2.33. The van der Waals surface area contributed by atoms with Crippen molar-refractivity contribution in [1.82, 2.24) is 0 Å². The summed E-state index contributed by atoms with van der Waals surface area (Å²) in [7, 11) is 0. The predicted octanol–water partition coefficient (Wildman–Crippen LogP) is 3.22. The van der Waals surface area contributed by atoms with E-state index in [2.05, 4.69) is 0 Å². The van der Waals surface area contributed by atoms with Crippen molar-refractivity contribution in [3.05, 3.63) is 35.6 Å². The fourth-order valence-electron chi connectivity index (χ4n) is 4.21. The van der Waals surface area contributed by atoms with Crippen LogP contribution in [0.15, 0.2) is 24.3 Å². The maximum atomic E-state index is 13.4. The van der Waals surface area contributed by atoms with Gasteiger partial charge in [0, 0.05) is 5.56 Å². The molecule has 2 aliphatic heterocycles. The maximum Gasteiger partial charge on any atom is 0.243 e. The van der Waals surface area contributed by atoms with Crippen LogP contribution in [-0.2, 0) is 15.3 Å². The Kier molecular flexibility index (Phi) is 3.80. The number of nitriles is 3. The molecule has 0 amide bonds. The van der Waals surface area contributed by atoms with Crippen LogP contribution in [0.5, 0.6) is 0 Å². The first-order valence-electron chi connectivity index (χ1n) is 8.21. The number of nitrogens with one attached hydrogen (secondary N) is 1. The zero-order valence-electron chi connectivity index (χ0n) is 14.6. The summed E-state index contributed by atoms with van der Waals surface area (Å²) in [6.07, 6.45) is -0.971. The van der Waals surface area contributed by atoms with Crippen LogP contribution in [0.4, 0.5) is 4.39 Å². The van der Waals surface area contributed by atoms with Crippen LogP contribution in [0.1, 0.15) is 26.3 Å². The third-order valence-corrected chi connectivity index (χ3v) is 5.56. The van der Waals surface area contributed by atoms with Gasteiger partial charge in [0.15, 0.2) is 10.8 Å². The van der Waals surface area contributed by atoms with Gasteiger partial charge in [-0.05, 0) is 30.2 Å². The number of ether oxygens (including phenoxy) is 2. The minimum Gasteiger partial charge on any atom is -0.443 e. The molecular weight excluding hydrogens is 335 g/mol. The Morgan fingerprint density at radius 2 is 1.69 bits per heavy atom. The van der Waals surface area contributed by atoms with Crippen molar-refractivity contribution in [3.63, 3.8) is 0 Å². The van der Waals surface area contributed by atoms with Crippen LogP contribution in [-0.4, -0.2) is 12.0 Å². The number of nitrogens with zero attached hydrogens (tertiary/aromatic N) is 3. The molecule has 0 aromatic heterocycles. The Labute approximate surface area is 150 Å². The molecule has 1 N–H and O–H groups in total. The SMILES string of the molecule is CC(C)C1OC2(c3ccc(F)cc3)OC(=N)C(C#N)(C2C)C1(C#N)C#N. The number of hydrogen-bond donors (Lipinski definition) is 1. The molecule has 2 aliphatic rings. The van der Waals surface area contributed by atoms with Gasteiger partial charge in [0.1, 0.15) is 5.82 Å². The molecule has 2 heterocycles. The van der Waals surface area contributed by atoms with Gasteiger partial charge in [-0.15, -0.1) is 0 Å². The molecule has 7 heteroatoms. The Hall–Kier alpha value is -2.95. The summed E-state index contributed by atoms with van der Waals surface area (Å²) in [5, 5.41) is 38.2. The zero-order valence-corrected chi connectivity index (χ0v) is 14.6. The molecule has 0 saturated carbocycles. The number of halogens is 1. The van der Waals surface area contributed by atoms with E-state index in [4.69, 9.17) is 14.9 Å². The minimum absolute atomic E-state index is 0.302. The normalized spacial score (nSPS) is 34.5. The van der Waals surface area contributed by atoms with Gasteiger partial charge < -0.3 is 9.47 Å². The van der Waals surface area contributed by atoms with E-state index < -0.39 is 40.4 Å². The molecule has 4 unspecified atom stereocenters. The Morgan fingerprint density at radius 3 is 2.15 bits per heavy atom. The molecule has 0 radical (unpaired) electrons. The molecule has 1 aromatic carbocycles. The lowest BCUT2D eigenvalue weighted by atomic mass is 9.53. The highest BCUT2D eigenvalue weighted by Crippen LogP contribution is 2.66. The Bertz CT molecular complexity index is 878. The summed E-state index contributed by atoms with van der Waals surface area (Å²) in [5.41, 5.74) is -3.26. The van der Waals surface area contributed by atoms with Crippen molar-refractivity contribution in [2.24, 2.45) is 22.7 Å². The first kappa shape index (κ1) is 17.9. The largest absolute Gasteiger partial charge is 0.443 e. The van der Waals surface area contributed by atoms with Crippen molar-refractivity contribution in [2.45, 2.75) is 32.7 Å². The van der Waals surface area contributed by atoms with Crippen LogP contribution < -0.4 is 0 Å². The molecular formula is C19H17FN4O2. The quantitative estimate of drug-likeness (QED) is 0.878. The second-order valence-corrected chi connectivity index (χ2v) is 7.06. The van der Waals surface area contributed by atoms with Crippen LogP contribution in [0.3, 0.4) is 0 Å². The first-order chi connectivity index (χ1) is 12.3. The summed E-state index contributed by atoms with van der Waals surface area (Å²) < 4.78 is 25.3. The zero-order chi connectivity index (χ0) is 19.3. The van der Waals surface area contributed by atoms with Gasteiger partial charge in [0.2, 0.25) is 11.7 Å². The lowest BCUT2D eigenvalue weighted by Crippen LogP contribution is -2.62. The molecule has 2 saturated heterocycles. The topological polar surface area (TPSA) is 114 Å². The molecule has 6 nitrogen and oxygen atoms in total. The van der Waals surface area contributed by atoms with Crippen molar-refractivity contribution in [3.8, 4) is 18.2 Å². The van der Waals surface area contributed by atoms with E-state index in [-0.39, 0.29) is 5.92 Å². The number of hydrogen-bond acceptors (Lipinski definition) is 6. The van der Waals surface area contributed by atoms with Gasteiger partial charge in [-0.3, -0.25) is 5.41 Å². The van der Waals surface area contributed by atoms with E-state index in [1.54, 1.807) is 20.8 Å². The van der Waals surface area contributed by atoms with Crippen LogP contribution >= 0.6 is 0 Å². The highest BCUT2D eigenvalue weighted by molar-refractivity contribution is 5.89. The highest BCUT2D eigenvalue weighted by atomic mass is 19.1. The number of benzene rings is 1. The summed E-state index contributed by atoms with van der Waals surface area (Å²) in [6, 6.07) is 11.4. The van der Waals surface area contributed by atoms with E-state index in [0.717, 1.165) is 0 Å². The van der Waals surface area contributed by atoms with Gasteiger partial charge in [-0.1, -0.05) is 20.8 Å². The van der Waals surface area contributed by atoms with Crippen molar-refractivity contribution in [1.29, 1.82) is 21.2 Å². The second kappa shape index (κ2) is 5.53. The average molecular weight is 352 g/mol. The summed E-state index contributed by atoms with van der Waals surface area (Å²) in [4.78, 5) is 0. The Morgan fingerprint density at radius 1 is 1.12 bits per heavy atom. The van der Waals surface area contributed by atoms with E-state index >= 15 is 0 Å². The van der Waals surface area contributed by atoms with Crippen molar-refractivity contribution >= 4 is 5.90 Å². The van der Waals surface area contributed by atoms with E-state index in [0.29, 0.717) is 5.56 Å². The fourth-order valence-corrected chi connectivity index (χ4v) is 4.21. The van der Waals surface area contributed by atoms with E-state index in [9.17, 15) is 20.2 Å². The van der Waals surface area contributed by atoms with Gasteiger partial charge in [0.05, 0.1) is 30.2 Å². The molecule has 0 aliphatic carbocycles. The number of rotatable bonds is 2. The first-order valence-corrected chi connectivity index (χ1v) is 8.21. The number of fused-ring (bicyclic) bond motifs is 2. The summed E-state index contributed by atoms with van der Waals surface area (Å²) >= 11 is 0. The molecule has 4 atom stereocenters.